The summed E-state index contributed by atoms with van der Waals surface area (Å²) in [7, 11) is 2.13. The molecule has 0 saturated carbocycles. The van der Waals surface area contributed by atoms with Crippen molar-refractivity contribution in [2.24, 2.45) is 0 Å². The van der Waals surface area contributed by atoms with Gasteiger partial charge in [0.2, 0.25) is 0 Å². The van der Waals surface area contributed by atoms with E-state index < -0.39 is 0 Å². The molecule has 5 heteroatoms. The number of nitrogens with zero attached hydrogens (tertiary/aromatic N) is 4. The van der Waals surface area contributed by atoms with Crippen molar-refractivity contribution in [2.45, 2.75) is 26.8 Å². The fourth-order valence-corrected chi connectivity index (χ4v) is 1.79. The van der Waals surface area contributed by atoms with E-state index in [1.54, 1.807) is 6.20 Å². The van der Waals surface area contributed by atoms with Crippen molar-refractivity contribution in [3.05, 3.63) is 24.2 Å². The van der Waals surface area contributed by atoms with Crippen LogP contribution >= 0.6 is 0 Å². The highest BCUT2D eigenvalue weighted by Crippen LogP contribution is 2.14. The van der Waals surface area contributed by atoms with Gasteiger partial charge in [-0.05, 0) is 33.9 Å². The van der Waals surface area contributed by atoms with Crippen molar-refractivity contribution in [3.63, 3.8) is 0 Å². The van der Waals surface area contributed by atoms with Crippen LogP contribution in [-0.2, 0) is 0 Å². The smallest absolute Gasteiger partial charge is 0.152 e. The molecule has 2 rings (SSSR count). The Morgan fingerprint density at radius 1 is 1.44 bits per heavy atom. The third-order valence-electron chi connectivity index (χ3n) is 3.15. The molecule has 98 valence electrons. The zero-order valence-corrected chi connectivity index (χ0v) is 11.5. The van der Waals surface area contributed by atoms with Crippen LogP contribution in [0.1, 0.15) is 19.5 Å². The first kappa shape index (κ1) is 12.8. The summed E-state index contributed by atoms with van der Waals surface area (Å²) in [5, 5.41) is 7.74. The van der Waals surface area contributed by atoms with Crippen LogP contribution < -0.4 is 5.32 Å². The number of hydrogen-bond donors (Lipinski definition) is 1. The van der Waals surface area contributed by atoms with E-state index in [0.717, 1.165) is 30.1 Å². The van der Waals surface area contributed by atoms with Crippen LogP contribution in [0, 0.1) is 6.92 Å². The first-order chi connectivity index (χ1) is 8.58. The lowest BCUT2D eigenvalue weighted by Crippen LogP contribution is -2.31. The van der Waals surface area contributed by atoms with Crippen LogP contribution in [0.2, 0.25) is 0 Å². The average molecular weight is 247 g/mol. The molecule has 0 aromatic carbocycles. The SMILES string of the molecule is Cc1cc2c(NCCN(C)C(C)C)nccn2n1. The Kier molecular flexibility index (Phi) is 3.81. The second-order valence-electron chi connectivity index (χ2n) is 4.89. The first-order valence-corrected chi connectivity index (χ1v) is 6.33. The minimum atomic E-state index is 0.563. The van der Waals surface area contributed by atoms with Crippen molar-refractivity contribution in [3.8, 4) is 0 Å². The predicted octanol–water partition coefficient (Wildman–Crippen LogP) is 1.79. The average Bonchev–Trinajstić information content (AvgIpc) is 2.70. The Hall–Kier alpha value is -1.62. The van der Waals surface area contributed by atoms with Gasteiger partial charge >= 0.3 is 0 Å². The van der Waals surface area contributed by atoms with E-state index in [0.29, 0.717) is 6.04 Å². The molecule has 0 atom stereocenters. The lowest BCUT2D eigenvalue weighted by molar-refractivity contribution is 0.284. The lowest BCUT2D eigenvalue weighted by atomic mass is 10.3. The topological polar surface area (TPSA) is 45.5 Å². The van der Waals surface area contributed by atoms with Crippen LogP contribution in [0.4, 0.5) is 5.82 Å². The summed E-state index contributed by atoms with van der Waals surface area (Å²) in [6.45, 7) is 8.25. The Bertz CT molecular complexity index is 517. The van der Waals surface area contributed by atoms with E-state index in [-0.39, 0.29) is 0 Å². The van der Waals surface area contributed by atoms with Crippen molar-refractivity contribution < 1.29 is 0 Å². The molecule has 5 nitrogen and oxygen atoms in total. The summed E-state index contributed by atoms with van der Waals surface area (Å²) in [5.74, 6) is 0.898. The summed E-state index contributed by atoms with van der Waals surface area (Å²) >= 11 is 0. The van der Waals surface area contributed by atoms with Crippen LogP contribution in [0.3, 0.4) is 0 Å². The normalized spacial score (nSPS) is 11.7. The van der Waals surface area contributed by atoms with Gasteiger partial charge in [0, 0.05) is 31.5 Å². The molecule has 0 radical (unpaired) electrons. The number of anilines is 1. The Labute approximate surface area is 108 Å². The van der Waals surface area contributed by atoms with Crippen LogP contribution in [0.5, 0.6) is 0 Å². The van der Waals surface area contributed by atoms with Gasteiger partial charge in [0.05, 0.1) is 5.69 Å². The van der Waals surface area contributed by atoms with Gasteiger partial charge in [-0.1, -0.05) is 0 Å². The standard InChI is InChI=1S/C13H21N5/c1-10(2)17(4)7-5-14-13-12-9-11(3)16-18(12)8-6-15-13/h6,8-10H,5,7H2,1-4H3,(H,14,15). The third-order valence-corrected chi connectivity index (χ3v) is 3.15. The van der Waals surface area contributed by atoms with E-state index in [2.05, 4.69) is 41.2 Å². The number of fused-ring (bicyclic) bond motifs is 1. The Morgan fingerprint density at radius 2 is 2.22 bits per heavy atom. The van der Waals surface area contributed by atoms with Crippen LogP contribution in [0.15, 0.2) is 18.5 Å². The molecule has 18 heavy (non-hydrogen) atoms. The van der Waals surface area contributed by atoms with Gasteiger partial charge in [-0.2, -0.15) is 5.10 Å². The molecule has 2 aromatic rings. The summed E-state index contributed by atoms with van der Waals surface area (Å²) in [6, 6.07) is 2.61. The maximum atomic E-state index is 4.37. The zero-order valence-electron chi connectivity index (χ0n) is 11.5. The van der Waals surface area contributed by atoms with Gasteiger partial charge in [-0.3, -0.25) is 0 Å². The fourth-order valence-electron chi connectivity index (χ4n) is 1.79. The van der Waals surface area contributed by atoms with Crippen LogP contribution in [0.25, 0.3) is 5.52 Å². The number of aromatic nitrogens is 3. The summed E-state index contributed by atoms with van der Waals surface area (Å²) in [5.41, 5.74) is 2.03. The summed E-state index contributed by atoms with van der Waals surface area (Å²) in [4.78, 5) is 6.67. The van der Waals surface area contributed by atoms with Gasteiger partial charge in [0.25, 0.3) is 0 Å². The Morgan fingerprint density at radius 3 is 2.94 bits per heavy atom. The minimum absolute atomic E-state index is 0.563. The minimum Gasteiger partial charge on any atom is -0.367 e. The second-order valence-corrected chi connectivity index (χ2v) is 4.89. The second kappa shape index (κ2) is 5.35. The molecule has 0 aliphatic carbocycles. The van der Waals surface area contributed by atoms with Gasteiger partial charge in [0.1, 0.15) is 5.52 Å². The third kappa shape index (κ3) is 2.79. The summed E-state index contributed by atoms with van der Waals surface area (Å²) in [6.07, 6.45) is 3.64. The summed E-state index contributed by atoms with van der Waals surface area (Å²) < 4.78 is 1.86. The van der Waals surface area contributed by atoms with E-state index in [9.17, 15) is 0 Å². The quantitative estimate of drug-likeness (QED) is 0.875. The molecule has 0 fully saturated rings. The lowest BCUT2D eigenvalue weighted by Gasteiger charge is -2.21. The number of hydrogen-bond acceptors (Lipinski definition) is 4. The molecule has 1 N–H and O–H groups in total. The largest absolute Gasteiger partial charge is 0.367 e. The maximum absolute atomic E-state index is 4.37. The molecular weight excluding hydrogens is 226 g/mol. The number of aryl methyl sites for hydroxylation is 1. The zero-order chi connectivity index (χ0) is 13.1. The van der Waals surface area contributed by atoms with Crippen molar-refractivity contribution in [1.29, 1.82) is 0 Å². The highest BCUT2D eigenvalue weighted by atomic mass is 15.2. The van der Waals surface area contributed by atoms with Crippen LogP contribution in [-0.4, -0.2) is 45.7 Å². The molecule has 0 aliphatic rings. The van der Waals surface area contributed by atoms with Gasteiger partial charge in [-0.15, -0.1) is 0 Å². The molecule has 0 aliphatic heterocycles. The first-order valence-electron chi connectivity index (χ1n) is 6.33. The van der Waals surface area contributed by atoms with Crippen molar-refractivity contribution in [1.82, 2.24) is 19.5 Å². The molecule has 2 aromatic heterocycles. The predicted molar refractivity (Wildman–Crippen MR) is 74.0 cm³/mol. The monoisotopic (exact) mass is 247 g/mol. The maximum Gasteiger partial charge on any atom is 0.152 e. The molecule has 0 saturated heterocycles. The molecule has 0 amide bonds. The highest BCUT2D eigenvalue weighted by Gasteiger charge is 2.06. The highest BCUT2D eigenvalue weighted by molar-refractivity contribution is 5.67. The fraction of sp³-hybridized carbons (Fsp3) is 0.538. The van der Waals surface area contributed by atoms with Gasteiger partial charge in [-0.25, -0.2) is 9.50 Å². The van der Waals surface area contributed by atoms with E-state index >= 15 is 0 Å². The van der Waals surface area contributed by atoms with E-state index in [1.165, 1.54) is 0 Å². The van der Waals surface area contributed by atoms with Gasteiger partial charge < -0.3 is 10.2 Å². The number of nitrogens with one attached hydrogen (secondary N) is 1. The van der Waals surface area contributed by atoms with Crippen molar-refractivity contribution >= 4 is 11.3 Å². The number of rotatable bonds is 5. The molecule has 0 spiro atoms. The van der Waals surface area contributed by atoms with Crippen molar-refractivity contribution in [2.75, 3.05) is 25.5 Å². The van der Waals surface area contributed by atoms with Gasteiger partial charge in [0.15, 0.2) is 5.82 Å². The molecule has 2 heterocycles. The van der Waals surface area contributed by atoms with E-state index in [1.807, 2.05) is 23.7 Å². The number of likely N-dealkylation sites (N-methyl/N-ethyl adjacent to an activating group) is 1. The molecule has 0 bridgehead atoms. The Balaban J connectivity index is 2.03. The van der Waals surface area contributed by atoms with E-state index in [4.69, 9.17) is 0 Å². The molecular formula is C13H21N5. The molecule has 0 unspecified atom stereocenters.